The van der Waals surface area contributed by atoms with Crippen LogP contribution in [0, 0.1) is 0 Å². The predicted molar refractivity (Wildman–Crippen MR) is 120 cm³/mol. The number of para-hydroxylation sites is 2. The van der Waals surface area contributed by atoms with Gasteiger partial charge in [-0.15, -0.1) is 0 Å². The van der Waals surface area contributed by atoms with Gasteiger partial charge in [-0.1, -0.05) is 30.7 Å². The first-order valence-corrected chi connectivity index (χ1v) is 10.9. The van der Waals surface area contributed by atoms with Crippen molar-refractivity contribution in [2.24, 2.45) is 0 Å². The largest absolute Gasteiger partial charge is 0.484 e. The van der Waals surface area contributed by atoms with Crippen LogP contribution in [-0.4, -0.2) is 41.2 Å². The van der Waals surface area contributed by atoms with Gasteiger partial charge in [0.15, 0.2) is 6.61 Å². The van der Waals surface area contributed by atoms with Gasteiger partial charge in [-0.2, -0.15) is 0 Å². The molecule has 3 aromatic rings. The fraction of sp³-hybridized carbons (Fsp3) is 0.391. The summed E-state index contributed by atoms with van der Waals surface area (Å²) in [5.41, 5.74) is 2.22. The van der Waals surface area contributed by atoms with Crippen molar-refractivity contribution in [3.05, 3.63) is 53.6 Å². The van der Waals surface area contributed by atoms with E-state index in [9.17, 15) is 4.79 Å². The highest BCUT2D eigenvalue weighted by atomic mass is 35.5. The van der Waals surface area contributed by atoms with Gasteiger partial charge in [-0.3, -0.25) is 4.79 Å². The summed E-state index contributed by atoms with van der Waals surface area (Å²) < 4.78 is 7.85. The van der Waals surface area contributed by atoms with E-state index in [0.717, 1.165) is 50.4 Å². The number of piperidine rings is 1. The van der Waals surface area contributed by atoms with Crippen molar-refractivity contribution in [2.75, 3.05) is 24.6 Å². The Labute approximate surface area is 181 Å². The molecule has 2 heterocycles. The normalized spacial score (nSPS) is 14.8. The topological polar surface area (TPSA) is 59.4 Å². The quantitative estimate of drug-likeness (QED) is 0.613. The summed E-state index contributed by atoms with van der Waals surface area (Å²) in [7, 11) is 0. The van der Waals surface area contributed by atoms with Crippen LogP contribution in [0.4, 0.5) is 5.95 Å². The van der Waals surface area contributed by atoms with Crippen LogP contribution in [0.15, 0.2) is 48.5 Å². The molecular formula is C23H27ClN4O2. The van der Waals surface area contributed by atoms with Crippen molar-refractivity contribution in [3.63, 3.8) is 0 Å². The lowest BCUT2D eigenvalue weighted by Gasteiger charge is -2.33. The van der Waals surface area contributed by atoms with Crippen LogP contribution in [0.25, 0.3) is 11.0 Å². The number of nitrogens with zero attached hydrogens (tertiary/aromatic N) is 3. The molecule has 6 nitrogen and oxygen atoms in total. The molecule has 30 heavy (non-hydrogen) atoms. The molecule has 0 atom stereocenters. The smallest absolute Gasteiger partial charge is 0.258 e. The number of hydrogen-bond acceptors (Lipinski definition) is 4. The van der Waals surface area contributed by atoms with E-state index in [1.165, 1.54) is 5.52 Å². The molecular weight excluding hydrogens is 400 g/mol. The highest BCUT2D eigenvalue weighted by Crippen LogP contribution is 2.25. The summed E-state index contributed by atoms with van der Waals surface area (Å²) in [5, 5.41) is 3.74. The van der Waals surface area contributed by atoms with Gasteiger partial charge in [0.1, 0.15) is 5.75 Å². The van der Waals surface area contributed by atoms with Crippen molar-refractivity contribution >= 4 is 34.5 Å². The van der Waals surface area contributed by atoms with Gasteiger partial charge < -0.3 is 19.5 Å². The molecule has 7 heteroatoms. The van der Waals surface area contributed by atoms with E-state index in [1.807, 2.05) is 6.07 Å². The van der Waals surface area contributed by atoms with Gasteiger partial charge >= 0.3 is 0 Å². The molecule has 1 N–H and O–H groups in total. The number of nitrogens with one attached hydrogen (secondary N) is 1. The highest BCUT2D eigenvalue weighted by Gasteiger charge is 2.24. The van der Waals surface area contributed by atoms with Gasteiger partial charge in [0.2, 0.25) is 5.95 Å². The van der Waals surface area contributed by atoms with Gasteiger partial charge in [0.25, 0.3) is 5.91 Å². The summed E-state index contributed by atoms with van der Waals surface area (Å²) >= 11 is 5.86. The van der Waals surface area contributed by atoms with E-state index in [2.05, 4.69) is 39.9 Å². The Balaban J connectivity index is 1.31. The number of aryl methyl sites for hydroxylation is 1. The molecule has 1 aromatic heterocycles. The number of halogens is 1. The third-order valence-electron chi connectivity index (χ3n) is 5.41. The van der Waals surface area contributed by atoms with E-state index in [1.54, 1.807) is 24.3 Å². The molecule has 0 aliphatic carbocycles. The molecule has 1 fully saturated rings. The molecule has 4 rings (SSSR count). The van der Waals surface area contributed by atoms with Crippen LogP contribution in [0.2, 0.25) is 5.02 Å². The number of imidazole rings is 1. The van der Waals surface area contributed by atoms with E-state index in [-0.39, 0.29) is 18.6 Å². The van der Waals surface area contributed by atoms with Crippen molar-refractivity contribution in [1.82, 2.24) is 14.9 Å². The number of ether oxygens (including phenoxy) is 1. The van der Waals surface area contributed by atoms with Crippen LogP contribution in [0.3, 0.4) is 0 Å². The van der Waals surface area contributed by atoms with Crippen LogP contribution >= 0.6 is 11.6 Å². The number of fused-ring (bicyclic) bond motifs is 1. The maximum absolute atomic E-state index is 12.3. The third-order valence-corrected chi connectivity index (χ3v) is 5.66. The van der Waals surface area contributed by atoms with Gasteiger partial charge in [-0.05, 0) is 55.7 Å². The minimum atomic E-state index is -0.0957. The number of anilines is 1. The number of benzene rings is 2. The monoisotopic (exact) mass is 426 g/mol. The zero-order chi connectivity index (χ0) is 20.9. The van der Waals surface area contributed by atoms with Crippen molar-refractivity contribution in [3.8, 4) is 5.75 Å². The lowest BCUT2D eigenvalue weighted by molar-refractivity contribution is -0.123. The van der Waals surface area contributed by atoms with Gasteiger partial charge in [0, 0.05) is 30.7 Å². The Hall–Kier alpha value is -2.73. The minimum Gasteiger partial charge on any atom is -0.484 e. The molecule has 1 saturated heterocycles. The number of rotatable bonds is 7. The summed E-state index contributed by atoms with van der Waals surface area (Å²) in [6, 6.07) is 15.5. The predicted octanol–water partition coefficient (Wildman–Crippen LogP) is 4.26. The van der Waals surface area contributed by atoms with E-state index in [0.29, 0.717) is 10.8 Å². The Bertz CT molecular complexity index is 994. The molecule has 1 aliphatic rings. The summed E-state index contributed by atoms with van der Waals surface area (Å²) in [5.74, 6) is 1.58. The molecule has 0 bridgehead atoms. The summed E-state index contributed by atoms with van der Waals surface area (Å²) in [6.45, 7) is 4.89. The number of hydrogen-bond donors (Lipinski definition) is 1. The van der Waals surface area contributed by atoms with Crippen molar-refractivity contribution in [1.29, 1.82) is 0 Å². The van der Waals surface area contributed by atoms with Crippen molar-refractivity contribution < 1.29 is 9.53 Å². The zero-order valence-corrected chi connectivity index (χ0v) is 17.9. The minimum absolute atomic E-state index is 0.00808. The number of carbonyl (C=O) groups excluding carboxylic acids is 1. The highest BCUT2D eigenvalue weighted by molar-refractivity contribution is 6.30. The molecule has 2 aromatic carbocycles. The van der Waals surface area contributed by atoms with E-state index in [4.69, 9.17) is 21.3 Å². The SMILES string of the molecule is CCCn1c(N2CCC(NC(=O)COc3ccc(Cl)cc3)CC2)nc2ccccc21. The first-order valence-electron chi connectivity index (χ1n) is 10.5. The average Bonchev–Trinajstić information content (AvgIpc) is 3.13. The molecule has 0 saturated carbocycles. The van der Waals surface area contributed by atoms with Gasteiger partial charge in [-0.25, -0.2) is 4.98 Å². The number of aromatic nitrogens is 2. The average molecular weight is 427 g/mol. The Morgan fingerprint density at radius 1 is 1.17 bits per heavy atom. The fourth-order valence-electron chi connectivity index (χ4n) is 3.92. The van der Waals surface area contributed by atoms with Crippen LogP contribution in [-0.2, 0) is 11.3 Å². The fourth-order valence-corrected chi connectivity index (χ4v) is 4.05. The molecule has 0 spiro atoms. The summed E-state index contributed by atoms with van der Waals surface area (Å²) in [6.07, 6.45) is 2.84. The maximum atomic E-state index is 12.3. The molecule has 0 radical (unpaired) electrons. The van der Waals surface area contributed by atoms with E-state index < -0.39 is 0 Å². The summed E-state index contributed by atoms with van der Waals surface area (Å²) in [4.78, 5) is 19.5. The third kappa shape index (κ3) is 4.70. The number of carbonyl (C=O) groups is 1. The molecule has 1 amide bonds. The zero-order valence-electron chi connectivity index (χ0n) is 17.2. The van der Waals surface area contributed by atoms with Crippen LogP contribution in [0.5, 0.6) is 5.75 Å². The lowest BCUT2D eigenvalue weighted by atomic mass is 10.1. The first-order chi connectivity index (χ1) is 14.6. The molecule has 1 aliphatic heterocycles. The molecule has 158 valence electrons. The Morgan fingerprint density at radius 3 is 2.63 bits per heavy atom. The lowest BCUT2D eigenvalue weighted by Crippen LogP contribution is -2.46. The standard InChI is InChI=1S/C23H27ClN4O2/c1-2-13-28-21-6-4-3-5-20(21)26-23(28)27-14-11-18(12-15-27)25-22(29)16-30-19-9-7-17(24)8-10-19/h3-10,18H,2,11-16H2,1H3,(H,25,29). The maximum Gasteiger partial charge on any atom is 0.258 e. The number of amides is 1. The van der Waals surface area contributed by atoms with Gasteiger partial charge in [0.05, 0.1) is 11.0 Å². The second kappa shape index (κ2) is 9.39. The van der Waals surface area contributed by atoms with E-state index >= 15 is 0 Å². The first kappa shape index (κ1) is 20.5. The second-order valence-electron chi connectivity index (χ2n) is 7.62. The second-order valence-corrected chi connectivity index (χ2v) is 8.06. The Kier molecular flexibility index (Phi) is 6.43. The van der Waals surface area contributed by atoms with Crippen LogP contribution < -0.4 is 15.0 Å². The van der Waals surface area contributed by atoms with Crippen molar-refractivity contribution in [2.45, 2.75) is 38.8 Å². The van der Waals surface area contributed by atoms with Crippen LogP contribution in [0.1, 0.15) is 26.2 Å². The molecule has 0 unspecified atom stereocenters. The Morgan fingerprint density at radius 2 is 1.90 bits per heavy atom.